The Labute approximate surface area is 81.4 Å². The quantitative estimate of drug-likeness (QED) is 0.728. The second-order valence-corrected chi connectivity index (χ2v) is 5.04. The summed E-state index contributed by atoms with van der Waals surface area (Å²) in [6.07, 6.45) is 0. The van der Waals surface area contributed by atoms with Gasteiger partial charge in [0.1, 0.15) is 0 Å². The van der Waals surface area contributed by atoms with E-state index in [2.05, 4.69) is 5.87 Å². The van der Waals surface area contributed by atoms with Gasteiger partial charge in [-0.25, -0.2) is 4.21 Å². The number of hydrogen-bond donors (Lipinski definition) is 1. The SMILES string of the molecule is C=S(N)(=O)c1ccc(Cl)c(Cl)c1. The van der Waals surface area contributed by atoms with E-state index in [-0.39, 0.29) is 0 Å². The lowest BCUT2D eigenvalue weighted by molar-refractivity contribution is 0.682. The van der Waals surface area contributed by atoms with E-state index in [0.717, 1.165) is 0 Å². The number of halogens is 2. The molecule has 0 spiro atoms. The van der Waals surface area contributed by atoms with Crippen LogP contribution in [0.5, 0.6) is 0 Å². The highest BCUT2D eigenvalue weighted by Crippen LogP contribution is 2.23. The van der Waals surface area contributed by atoms with Gasteiger partial charge in [-0.3, -0.25) is 5.14 Å². The maximum absolute atomic E-state index is 11.2. The number of rotatable bonds is 1. The molecule has 1 rings (SSSR count). The van der Waals surface area contributed by atoms with E-state index in [1.165, 1.54) is 12.1 Å². The van der Waals surface area contributed by atoms with Gasteiger partial charge < -0.3 is 0 Å². The molecular weight excluding hydrogens is 217 g/mol. The molecule has 0 saturated heterocycles. The summed E-state index contributed by atoms with van der Waals surface area (Å²) in [5.74, 6) is 3.32. The van der Waals surface area contributed by atoms with Crippen molar-refractivity contribution >= 4 is 38.8 Å². The van der Waals surface area contributed by atoms with E-state index < -0.39 is 9.71 Å². The van der Waals surface area contributed by atoms with Crippen molar-refractivity contribution < 1.29 is 4.21 Å². The van der Waals surface area contributed by atoms with Crippen LogP contribution < -0.4 is 5.14 Å². The Balaban J connectivity index is 3.33. The maximum Gasteiger partial charge on any atom is 0.0604 e. The Morgan fingerprint density at radius 2 is 1.92 bits per heavy atom. The molecule has 1 atom stereocenters. The van der Waals surface area contributed by atoms with Crippen LogP contribution in [0.15, 0.2) is 23.1 Å². The van der Waals surface area contributed by atoms with E-state index >= 15 is 0 Å². The number of nitrogens with two attached hydrogens (primary N) is 1. The molecule has 12 heavy (non-hydrogen) atoms. The molecule has 0 radical (unpaired) electrons. The molecule has 0 fully saturated rings. The lowest BCUT2D eigenvalue weighted by Crippen LogP contribution is -2.11. The van der Waals surface area contributed by atoms with Crippen LogP contribution in [-0.2, 0) is 9.71 Å². The molecule has 0 amide bonds. The van der Waals surface area contributed by atoms with E-state index in [9.17, 15) is 4.21 Å². The molecule has 1 aromatic carbocycles. The number of benzene rings is 1. The monoisotopic (exact) mass is 223 g/mol. The van der Waals surface area contributed by atoms with E-state index in [1.807, 2.05) is 0 Å². The van der Waals surface area contributed by atoms with Crippen molar-refractivity contribution in [3.05, 3.63) is 28.2 Å². The van der Waals surface area contributed by atoms with Gasteiger partial charge in [0.05, 0.1) is 19.8 Å². The molecule has 0 aliphatic heterocycles. The van der Waals surface area contributed by atoms with Crippen LogP contribution in [0.4, 0.5) is 0 Å². The highest BCUT2D eigenvalue weighted by atomic mass is 35.5. The molecular formula is C7H7Cl2NOS. The fraction of sp³-hybridized carbons (Fsp3) is 0. The zero-order valence-electron chi connectivity index (χ0n) is 6.09. The first kappa shape index (κ1) is 9.86. The Morgan fingerprint density at radius 3 is 2.33 bits per heavy atom. The smallest absolute Gasteiger partial charge is 0.0604 e. The highest BCUT2D eigenvalue weighted by Gasteiger charge is 2.04. The van der Waals surface area contributed by atoms with Crippen LogP contribution in [0.3, 0.4) is 0 Å². The summed E-state index contributed by atoms with van der Waals surface area (Å²) in [5, 5.41) is 6.03. The highest BCUT2D eigenvalue weighted by molar-refractivity contribution is 7.98. The molecule has 2 N–H and O–H groups in total. The van der Waals surface area contributed by atoms with Crippen LogP contribution in [0.25, 0.3) is 0 Å². The van der Waals surface area contributed by atoms with Gasteiger partial charge in [-0.05, 0) is 24.1 Å². The first-order chi connectivity index (χ1) is 5.41. The fourth-order valence-electron chi connectivity index (χ4n) is 0.692. The van der Waals surface area contributed by atoms with Crippen LogP contribution in [0.1, 0.15) is 0 Å². The molecule has 0 saturated carbocycles. The predicted molar refractivity (Wildman–Crippen MR) is 54.2 cm³/mol. The second kappa shape index (κ2) is 3.26. The van der Waals surface area contributed by atoms with Crippen LogP contribution in [-0.4, -0.2) is 10.1 Å². The summed E-state index contributed by atoms with van der Waals surface area (Å²) in [5.41, 5.74) is 0. The minimum Gasteiger partial charge on any atom is -0.256 e. The standard InChI is InChI=1S/C7H7Cl2NOS/c1-12(10,11)5-2-3-6(8)7(9)4-5/h2-4H,1H2,(H2,10,11). The molecule has 5 heteroatoms. The average Bonchev–Trinajstić information content (AvgIpc) is 1.92. The molecule has 2 nitrogen and oxygen atoms in total. The summed E-state index contributed by atoms with van der Waals surface area (Å²) < 4.78 is 11.2. The summed E-state index contributed by atoms with van der Waals surface area (Å²) >= 11 is 11.3. The Kier molecular flexibility index (Phi) is 2.68. The molecule has 0 aliphatic rings. The van der Waals surface area contributed by atoms with Crippen LogP contribution >= 0.6 is 23.2 Å². The lowest BCUT2D eigenvalue weighted by Gasteiger charge is -2.03. The Hall–Kier alpha value is -0.220. The first-order valence-corrected chi connectivity index (χ1v) is 5.56. The van der Waals surface area contributed by atoms with Crippen molar-refractivity contribution in [2.24, 2.45) is 5.14 Å². The molecule has 0 aromatic heterocycles. The van der Waals surface area contributed by atoms with Gasteiger partial charge in [0.15, 0.2) is 0 Å². The Bertz CT molecular complexity index is 400. The first-order valence-electron chi connectivity index (χ1n) is 3.01. The zero-order chi connectivity index (χ0) is 9.35. The molecule has 1 aromatic rings. The molecule has 0 heterocycles. The minimum absolute atomic E-state index is 0.330. The van der Waals surface area contributed by atoms with Gasteiger partial charge in [-0.2, -0.15) is 0 Å². The maximum atomic E-state index is 11.2. The molecule has 0 aliphatic carbocycles. The van der Waals surface area contributed by atoms with Crippen molar-refractivity contribution in [2.45, 2.75) is 4.90 Å². The van der Waals surface area contributed by atoms with Crippen molar-refractivity contribution in [2.75, 3.05) is 0 Å². The third-order valence-electron chi connectivity index (χ3n) is 1.29. The molecule has 1 unspecified atom stereocenters. The fourth-order valence-corrected chi connectivity index (χ4v) is 1.67. The molecule has 66 valence electrons. The molecule has 0 bridgehead atoms. The van der Waals surface area contributed by atoms with Gasteiger partial charge in [-0.1, -0.05) is 23.2 Å². The minimum atomic E-state index is -2.69. The van der Waals surface area contributed by atoms with Gasteiger partial charge in [0, 0.05) is 4.90 Å². The third kappa shape index (κ3) is 2.14. The third-order valence-corrected chi connectivity index (χ3v) is 3.08. The summed E-state index contributed by atoms with van der Waals surface area (Å²) in [4.78, 5) is 0.400. The van der Waals surface area contributed by atoms with Crippen LogP contribution in [0.2, 0.25) is 10.0 Å². The van der Waals surface area contributed by atoms with Gasteiger partial charge >= 0.3 is 0 Å². The van der Waals surface area contributed by atoms with Gasteiger partial charge in [0.2, 0.25) is 0 Å². The normalized spacial score (nSPS) is 15.6. The van der Waals surface area contributed by atoms with Crippen LogP contribution in [0, 0.1) is 0 Å². The van der Waals surface area contributed by atoms with E-state index in [4.69, 9.17) is 28.3 Å². The Morgan fingerprint density at radius 1 is 1.33 bits per heavy atom. The van der Waals surface area contributed by atoms with Gasteiger partial charge in [0.25, 0.3) is 0 Å². The van der Waals surface area contributed by atoms with Crippen molar-refractivity contribution in [1.29, 1.82) is 0 Å². The second-order valence-electron chi connectivity index (χ2n) is 2.30. The largest absolute Gasteiger partial charge is 0.256 e. The van der Waals surface area contributed by atoms with Crippen molar-refractivity contribution in [3.63, 3.8) is 0 Å². The van der Waals surface area contributed by atoms with Crippen molar-refractivity contribution in [1.82, 2.24) is 0 Å². The van der Waals surface area contributed by atoms with Crippen molar-refractivity contribution in [3.8, 4) is 0 Å². The van der Waals surface area contributed by atoms with E-state index in [0.29, 0.717) is 14.9 Å². The average molecular weight is 224 g/mol. The van der Waals surface area contributed by atoms with Gasteiger partial charge in [-0.15, -0.1) is 0 Å². The lowest BCUT2D eigenvalue weighted by atomic mass is 10.4. The summed E-state index contributed by atoms with van der Waals surface area (Å²) in [6.45, 7) is 0. The van der Waals surface area contributed by atoms with E-state index in [1.54, 1.807) is 6.07 Å². The topological polar surface area (TPSA) is 43.1 Å². The zero-order valence-corrected chi connectivity index (χ0v) is 8.42. The summed E-state index contributed by atoms with van der Waals surface area (Å²) in [7, 11) is -2.69. The predicted octanol–water partition coefficient (Wildman–Crippen LogP) is 1.94. The number of hydrogen-bond acceptors (Lipinski definition) is 1. The summed E-state index contributed by atoms with van der Waals surface area (Å²) in [6, 6.07) is 4.54.